The Hall–Kier alpha value is -1.02. The first-order chi connectivity index (χ1) is 8.00. The third-order valence-electron chi connectivity index (χ3n) is 3.11. The molecule has 0 saturated heterocycles. The molecule has 2 aromatic carbocycles. The maximum absolute atomic E-state index is 3.64. The van der Waals surface area contributed by atoms with Gasteiger partial charge in [-0.15, -0.1) is 0 Å². The molecule has 0 amide bonds. The molecule has 0 bridgehead atoms. The predicted octanol–water partition coefficient (Wildman–Crippen LogP) is 4.79. The second-order valence-corrected chi connectivity index (χ2v) is 5.77. The van der Waals surface area contributed by atoms with Crippen LogP contribution in [0.15, 0.2) is 34.8 Å². The Morgan fingerprint density at radius 2 is 1.71 bits per heavy atom. The van der Waals surface area contributed by atoms with Gasteiger partial charge in [0.25, 0.3) is 0 Å². The molecule has 0 fully saturated rings. The third kappa shape index (κ3) is 2.32. The lowest BCUT2D eigenvalue weighted by atomic mass is 9.98. The van der Waals surface area contributed by atoms with Crippen molar-refractivity contribution >= 4 is 32.4 Å². The molecule has 0 radical (unpaired) electrons. The molecular weight excluding hydrogens is 274 g/mol. The number of hydrogen-bond donors (Lipinski definition) is 0. The number of fused-ring (bicyclic) bond motifs is 1. The van der Waals surface area contributed by atoms with Crippen molar-refractivity contribution < 1.29 is 0 Å². The minimum Gasteiger partial charge on any atom is -0.377 e. The van der Waals surface area contributed by atoms with Gasteiger partial charge < -0.3 is 4.90 Å². The summed E-state index contributed by atoms with van der Waals surface area (Å²) in [6, 6.07) is 11.0. The van der Waals surface area contributed by atoms with E-state index in [2.05, 4.69) is 79.1 Å². The number of rotatable bonds is 2. The van der Waals surface area contributed by atoms with Gasteiger partial charge >= 0.3 is 0 Å². The molecule has 2 aromatic rings. The quantitative estimate of drug-likeness (QED) is 0.769. The first-order valence-corrected chi connectivity index (χ1v) is 6.69. The van der Waals surface area contributed by atoms with Crippen LogP contribution < -0.4 is 4.90 Å². The van der Waals surface area contributed by atoms with Gasteiger partial charge in [-0.3, -0.25) is 0 Å². The van der Waals surface area contributed by atoms with Crippen LogP contribution in [0.3, 0.4) is 0 Å². The summed E-state index contributed by atoms with van der Waals surface area (Å²) in [7, 11) is 4.16. The van der Waals surface area contributed by atoms with Crippen molar-refractivity contribution in [2.24, 2.45) is 0 Å². The van der Waals surface area contributed by atoms with Gasteiger partial charge in [0, 0.05) is 29.6 Å². The van der Waals surface area contributed by atoms with Crippen LogP contribution in [0.1, 0.15) is 25.3 Å². The predicted molar refractivity (Wildman–Crippen MR) is 80.1 cm³/mol. The van der Waals surface area contributed by atoms with Crippen molar-refractivity contribution in [3.63, 3.8) is 0 Å². The largest absolute Gasteiger partial charge is 0.377 e. The van der Waals surface area contributed by atoms with Gasteiger partial charge in [0.2, 0.25) is 0 Å². The van der Waals surface area contributed by atoms with E-state index in [0.29, 0.717) is 5.92 Å². The average Bonchev–Trinajstić information content (AvgIpc) is 2.28. The first-order valence-electron chi connectivity index (χ1n) is 5.90. The van der Waals surface area contributed by atoms with Crippen molar-refractivity contribution in [2.75, 3.05) is 19.0 Å². The molecule has 0 N–H and O–H groups in total. The smallest absolute Gasteiger partial charge is 0.0441 e. The van der Waals surface area contributed by atoms with Gasteiger partial charge in [0.1, 0.15) is 0 Å². The van der Waals surface area contributed by atoms with Crippen molar-refractivity contribution in [3.8, 4) is 0 Å². The van der Waals surface area contributed by atoms with E-state index < -0.39 is 0 Å². The molecular formula is C15H18BrN. The maximum Gasteiger partial charge on any atom is 0.0441 e. The van der Waals surface area contributed by atoms with Gasteiger partial charge in [-0.05, 0) is 35.1 Å². The lowest BCUT2D eigenvalue weighted by Gasteiger charge is -2.17. The van der Waals surface area contributed by atoms with Crippen molar-refractivity contribution in [1.29, 1.82) is 0 Å². The summed E-state index contributed by atoms with van der Waals surface area (Å²) in [6.07, 6.45) is 0. The fraction of sp³-hybridized carbons (Fsp3) is 0.333. The van der Waals surface area contributed by atoms with Crippen LogP contribution in [0.5, 0.6) is 0 Å². The highest BCUT2D eigenvalue weighted by atomic mass is 79.9. The highest BCUT2D eigenvalue weighted by Gasteiger charge is 2.08. The second kappa shape index (κ2) is 4.69. The molecule has 0 saturated carbocycles. The first kappa shape index (κ1) is 12.4. The Kier molecular flexibility index (Phi) is 3.43. The molecule has 2 heteroatoms. The lowest BCUT2D eigenvalue weighted by molar-refractivity contribution is 0.868. The van der Waals surface area contributed by atoms with Crippen LogP contribution >= 0.6 is 15.9 Å². The average molecular weight is 292 g/mol. The second-order valence-electron chi connectivity index (χ2n) is 4.92. The van der Waals surface area contributed by atoms with Crippen LogP contribution in [0.25, 0.3) is 10.8 Å². The minimum atomic E-state index is 0.564. The SMILES string of the molecule is CC(C)c1ccc2c(N(C)C)ccc(Br)c2c1. The Morgan fingerprint density at radius 3 is 2.29 bits per heavy atom. The van der Waals surface area contributed by atoms with E-state index in [1.54, 1.807) is 0 Å². The minimum absolute atomic E-state index is 0.564. The number of halogens is 1. The summed E-state index contributed by atoms with van der Waals surface area (Å²) in [4.78, 5) is 2.16. The van der Waals surface area contributed by atoms with E-state index in [1.807, 2.05) is 0 Å². The topological polar surface area (TPSA) is 3.24 Å². The third-order valence-corrected chi connectivity index (χ3v) is 3.80. The number of nitrogens with zero attached hydrogens (tertiary/aromatic N) is 1. The molecule has 2 rings (SSSR count). The van der Waals surface area contributed by atoms with Gasteiger partial charge in [-0.2, -0.15) is 0 Å². The van der Waals surface area contributed by atoms with E-state index >= 15 is 0 Å². The normalized spacial score (nSPS) is 11.2. The summed E-state index contributed by atoms with van der Waals surface area (Å²) in [5, 5.41) is 2.59. The fourth-order valence-corrected chi connectivity index (χ4v) is 2.52. The van der Waals surface area contributed by atoms with Gasteiger partial charge in [0.05, 0.1) is 0 Å². The van der Waals surface area contributed by atoms with Crippen LogP contribution in [-0.4, -0.2) is 14.1 Å². The Bertz CT molecular complexity index is 544. The maximum atomic E-state index is 3.64. The summed E-state index contributed by atoms with van der Waals surface area (Å²) in [5.74, 6) is 0.564. The molecule has 0 aliphatic heterocycles. The number of anilines is 1. The molecule has 0 heterocycles. The summed E-state index contributed by atoms with van der Waals surface area (Å²) >= 11 is 3.64. The zero-order chi connectivity index (χ0) is 12.6. The van der Waals surface area contributed by atoms with Crippen molar-refractivity contribution in [2.45, 2.75) is 19.8 Å². The van der Waals surface area contributed by atoms with E-state index in [1.165, 1.54) is 26.5 Å². The molecule has 0 atom stereocenters. The Balaban J connectivity index is 2.73. The highest BCUT2D eigenvalue weighted by molar-refractivity contribution is 9.10. The molecule has 0 aliphatic rings. The van der Waals surface area contributed by atoms with Crippen LogP contribution in [-0.2, 0) is 0 Å². The highest BCUT2D eigenvalue weighted by Crippen LogP contribution is 2.33. The van der Waals surface area contributed by atoms with Crippen molar-refractivity contribution in [1.82, 2.24) is 0 Å². The summed E-state index contributed by atoms with van der Waals surface area (Å²) in [6.45, 7) is 4.45. The van der Waals surface area contributed by atoms with Crippen LogP contribution in [0.2, 0.25) is 0 Å². The molecule has 0 unspecified atom stereocenters. The van der Waals surface area contributed by atoms with E-state index in [9.17, 15) is 0 Å². The fourth-order valence-electron chi connectivity index (χ4n) is 2.06. The number of benzene rings is 2. The van der Waals surface area contributed by atoms with Crippen LogP contribution in [0, 0.1) is 0 Å². The van der Waals surface area contributed by atoms with Gasteiger partial charge in [0.15, 0.2) is 0 Å². The Morgan fingerprint density at radius 1 is 1.00 bits per heavy atom. The summed E-state index contributed by atoms with van der Waals surface area (Å²) < 4.78 is 1.17. The summed E-state index contributed by atoms with van der Waals surface area (Å²) in [5.41, 5.74) is 2.65. The zero-order valence-corrected chi connectivity index (χ0v) is 12.4. The van der Waals surface area contributed by atoms with E-state index in [0.717, 1.165) is 0 Å². The molecule has 0 aliphatic carbocycles. The standard InChI is InChI=1S/C15H18BrN/c1-10(2)11-5-6-12-13(9-11)14(16)7-8-15(12)17(3)4/h5-10H,1-4H3. The zero-order valence-electron chi connectivity index (χ0n) is 10.8. The molecule has 1 nitrogen and oxygen atoms in total. The van der Waals surface area contributed by atoms with E-state index in [-0.39, 0.29) is 0 Å². The molecule has 17 heavy (non-hydrogen) atoms. The van der Waals surface area contributed by atoms with Crippen LogP contribution in [0.4, 0.5) is 5.69 Å². The molecule has 90 valence electrons. The lowest BCUT2D eigenvalue weighted by Crippen LogP contribution is -2.09. The van der Waals surface area contributed by atoms with Crippen molar-refractivity contribution in [3.05, 3.63) is 40.4 Å². The molecule has 0 spiro atoms. The molecule has 0 aromatic heterocycles. The van der Waals surface area contributed by atoms with E-state index in [4.69, 9.17) is 0 Å². The van der Waals surface area contributed by atoms with Gasteiger partial charge in [-0.1, -0.05) is 41.9 Å². The number of hydrogen-bond acceptors (Lipinski definition) is 1. The van der Waals surface area contributed by atoms with Gasteiger partial charge in [-0.25, -0.2) is 0 Å². The monoisotopic (exact) mass is 291 g/mol. The Labute approximate surface area is 112 Å².